The fourth-order valence-corrected chi connectivity index (χ4v) is 1.48. The van der Waals surface area contributed by atoms with Gasteiger partial charge in [-0.1, -0.05) is 0 Å². The van der Waals surface area contributed by atoms with Crippen molar-refractivity contribution in [3.05, 3.63) is 17.7 Å². The van der Waals surface area contributed by atoms with Gasteiger partial charge in [-0.05, 0) is 27.7 Å². The Morgan fingerprint density at radius 3 is 2.43 bits per heavy atom. The molecule has 3 N–H and O–H groups in total. The van der Waals surface area contributed by atoms with Crippen molar-refractivity contribution in [1.82, 2.24) is 20.6 Å². The second-order valence-electron chi connectivity index (χ2n) is 5.43. The van der Waals surface area contributed by atoms with Crippen LogP contribution in [0.5, 0.6) is 0 Å². The lowest BCUT2D eigenvalue weighted by Gasteiger charge is -2.22. The Bertz CT molecular complexity index is 545. The number of hydrogen-bond donors (Lipinski definition) is 3. The molecule has 0 saturated carbocycles. The molecule has 0 aliphatic heterocycles. The van der Waals surface area contributed by atoms with Gasteiger partial charge in [0.25, 0.3) is 11.8 Å². The monoisotopic (exact) mass is 296 g/mol. The lowest BCUT2D eigenvalue weighted by Crippen LogP contribution is -2.42. The highest BCUT2D eigenvalue weighted by molar-refractivity contribution is 6.05. The third-order valence-electron chi connectivity index (χ3n) is 2.42. The number of carbonyl (C=O) groups is 3. The van der Waals surface area contributed by atoms with Crippen molar-refractivity contribution in [2.75, 3.05) is 7.05 Å². The normalized spacial score (nSPS) is 12.4. The molecule has 1 aromatic heterocycles. The Morgan fingerprint density at radius 2 is 1.90 bits per heavy atom. The van der Waals surface area contributed by atoms with Crippen molar-refractivity contribution < 1.29 is 19.1 Å². The van der Waals surface area contributed by atoms with E-state index in [1.165, 1.54) is 20.3 Å². The highest BCUT2D eigenvalue weighted by Gasteiger charge is 2.26. The van der Waals surface area contributed by atoms with Gasteiger partial charge in [0.05, 0.1) is 6.33 Å². The Hall–Kier alpha value is -2.38. The van der Waals surface area contributed by atoms with Crippen molar-refractivity contribution >= 4 is 17.8 Å². The molecule has 0 bridgehead atoms. The molecule has 2 amide bonds. The number of esters is 1. The van der Waals surface area contributed by atoms with Crippen LogP contribution in [0.1, 0.15) is 48.7 Å². The van der Waals surface area contributed by atoms with Gasteiger partial charge in [0.15, 0.2) is 5.69 Å². The number of amides is 2. The maximum Gasteiger partial charge on any atom is 0.328 e. The maximum atomic E-state index is 12.0. The van der Waals surface area contributed by atoms with Gasteiger partial charge >= 0.3 is 5.97 Å². The zero-order chi connectivity index (χ0) is 16.2. The van der Waals surface area contributed by atoms with Gasteiger partial charge in [-0.25, -0.2) is 9.78 Å². The van der Waals surface area contributed by atoms with Crippen LogP contribution in [-0.2, 0) is 9.53 Å². The number of H-pyrrole nitrogens is 1. The van der Waals surface area contributed by atoms with Crippen molar-refractivity contribution in [2.24, 2.45) is 0 Å². The largest absolute Gasteiger partial charge is 0.458 e. The predicted octanol–water partition coefficient (Wildman–Crippen LogP) is 0.229. The van der Waals surface area contributed by atoms with Crippen LogP contribution in [0.3, 0.4) is 0 Å². The number of aromatic amines is 1. The Labute approximate surface area is 122 Å². The van der Waals surface area contributed by atoms with E-state index in [-0.39, 0.29) is 11.4 Å². The number of imidazole rings is 1. The average molecular weight is 296 g/mol. The number of hydrogen-bond acceptors (Lipinski definition) is 5. The number of aromatic nitrogens is 2. The van der Waals surface area contributed by atoms with Gasteiger partial charge in [0.1, 0.15) is 17.3 Å². The SMILES string of the molecule is CNC(=O)c1[nH]cnc1C(=O)N[C@@H](C)C(=O)OC(C)(C)C. The molecule has 1 atom stereocenters. The maximum absolute atomic E-state index is 12.0. The highest BCUT2D eigenvalue weighted by atomic mass is 16.6. The van der Waals surface area contributed by atoms with Crippen LogP contribution in [0.4, 0.5) is 0 Å². The highest BCUT2D eigenvalue weighted by Crippen LogP contribution is 2.09. The summed E-state index contributed by atoms with van der Waals surface area (Å²) in [5.74, 6) is -1.66. The first-order valence-corrected chi connectivity index (χ1v) is 6.45. The van der Waals surface area contributed by atoms with E-state index in [0.717, 1.165) is 0 Å². The first kappa shape index (κ1) is 16.7. The van der Waals surface area contributed by atoms with Crippen LogP contribution in [0, 0.1) is 0 Å². The van der Waals surface area contributed by atoms with E-state index in [9.17, 15) is 14.4 Å². The lowest BCUT2D eigenvalue weighted by atomic mass is 10.2. The summed E-state index contributed by atoms with van der Waals surface area (Å²) in [5, 5.41) is 4.84. The van der Waals surface area contributed by atoms with Crippen LogP contribution in [0.25, 0.3) is 0 Å². The molecule has 0 aromatic carbocycles. The van der Waals surface area contributed by atoms with Gasteiger partial charge in [0, 0.05) is 7.05 Å². The standard InChI is InChI=1S/C13H20N4O4/c1-7(12(20)21-13(2,3)4)17-11(19)9-8(10(18)14-5)15-6-16-9/h6-7H,1-5H3,(H,14,18)(H,15,16)(H,17,19)/t7-/m0/s1. The molecule has 8 nitrogen and oxygen atoms in total. The Morgan fingerprint density at radius 1 is 1.29 bits per heavy atom. The zero-order valence-corrected chi connectivity index (χ0v) is 12.7. The van der Waals surface area contributed by atoms with Crippen molar-refractivity contribution in [1.29, 1.82) is 0 Å². The van der Waals surface area contributed by atoms with E-state index < -0.39 is 29.4 Å². The number of nitrogens with one attached hydrogen (secondary N) is 3. The quantitative estimate of drug-likeness (QED) is 0.688. The van der Waals surface area contributed by atoms with Crippen LogP contribution in [0.15, 0.2) is 6.33 Å². The molecule has 0 spiro atoms. The fraction of sp³-hybridized carbons (Fsp3) is 0.538. The summed E-state index contributed by atoms with van der Waals surface area (Å²) in [6, 6.07) is -0.856. The fourth-order valence-electron chi connectivity index (χ4n) is 1.48. The smallest absolute Gasteiger partial charge is 0.328 e. The minimum Gasteiger partial charge on any atom is -0.458 e. The second-order valence-corrected chi connectivity index (χ2v) is 5.43. The van der Waals surface area contributed by atoms with Crippen molar-refractivity contribution in [3.63, 3.8) is 0 Å². The average Bonchev–Trinajstić information content (AvgIpc) is 2.84. The molecular weight excluding hydrogens is 276 g/mol. The number of rotatable bonds is 4. The molecule has 116 valence electrons. The molecule has 0 aliphatic carbocycles. The van der Waals surface area contributed by atoms with Gasteiger partial charge in [0.2, 0.25) is 0 Å². The minimum atomic E-state index is -0.856. The number of nitrogens with zero attached hydrogens (tertiary/aromatic N) is 1. The molecule has 0 unspecified atom stereocenters. The zero-order valence-electron chi connectivity index (χ0n) is 12.7. The molecule has 8 heteroatoms. The first-order valence-electron chi connectivity index (χ1n) is 6.45. The predicted molar refractivity (Wildman–Crippen MR) is 74.8 cm³/mol. The summed E-state index contributed by atoms with van der Waals surface area (Å²) in [4.78, 5) is 41.8. The van der Waals surface area contributed by atoms with Gasteiger partial charge < -0.3 is 20.4 Å². The van der Waals surface area contributed by atoms with E-state index in [1.54, 1.807) is 20.8 Å². The molecular formula is C13H20N4O4. The van der Waals surface area contributed by atoms with Gasteiger partial charge in [-0.3, -0.25) is 9.59 Å². The molecule has 0 fully saturated rings. The molecule has 1 heterocycles. The summed E-state index contributed by atoms with van der Waals surface area (Å²) in [5.41, 5.74) is -0.688. The van der Waals surface area contributed by atoms with E-state index in [4.69, 9.17) is 4.74 Å². The minimum absolute atomic E-state index is 0.0337. The molecule has 0 saturated heterocycles. The molecule has 1 rings (SSSR count). The summed E-state index contributed by atoms with van der Waals surface area (Å²) in [7, 11) is 1.44. The third-order valence-corrected chi connectivity index (χ3v) is 2.42. The Kier molecular flexibility index (Phi) is 5.07. The van der Waals surface area contributed by atoms with E-state index >= 15 is 0 Å². The number of carbonyl (C=O) groups excluding carboxylic acids is 3. The molecule has 1 aromatic rings. The lowest BCUT2D eigenvalue weighted by molar-refractivity contribution is -0.156. The number of ether oxygens (including phenoxy) is 1. The first-order chi connectivity index (χ1) is 9.65. The molecule has 0 radical (unpaired) electrons. The van der Waals surface area contributed by atoms with Gasteiger partial charge in [-0.2, -0.15) is 0 Å². The van der Waals surface area contributed by atoms with Gasteiger partial charge in [-0.15, -0.1) is 0 Å². The van der Waals surface area contributed by atoms with E-state index in [2.05, 4.69) is 20.6 Å². The topological polar surface area (TPSA) is 113 Å². The van der Waals surface area contributed by atoms with Crippen LogP contribution >= 0.6 is 0 Å². The van der Waals surface area contributed by atoms with E-state index in [1.807, 2.05) is 0 Å². The van der Waals surface area contributed by atoms with Crippen LogP contribution in [0.2, 0.25) is 0 Å². The summed E-state index contributed by atoms with van der Waals surface area (Å²) < 4.78 is 5.16. The summed E-state index contributed by atoms with van der Waals surface area (Å²) in [6.07, 6.45) is 1.23. The molecule has 21 heavy (non-hydrogen) atoms. The molecule has 0 aliphatic rings. The van der Waals surface area contributed by atoms with Crippen molar-refractivity contribution in [2.45, 2.75) is 39.3 Å². The van der Waals surface area contributed by atoms with E-state index in [0.29, 0.717) is 0 Å². The van der Waals surface area contributed by atoms with Crippen molar-refractivity contribution in [3.8, 4) is 0 Å². The Balaban J connectivity index is 2.76. The second kappa shape index (κ2) is 6.38. The van der Waals surface area contributed by atoms with Crippen LogP contribution < -0.4 is 10.6 Å². The summed E-state index contributed by atoms with van der Waals surface area (Å²) >= 11 is 0. The third kappa shape index (κ3) is 4.59. The summed E-state index contributed by atoms with van der Waals surface area (Å²) in [6.45, 7) is 6.70. The van der Waals surface area contributed by atoms with Crippen LogP contribution in [-0.4, -0.2) is 46.4 Å².